The predicted molar refractivity (Wildman–Crippen MR) is 157 cm³/mol. The first-order valence-corrected chi connectivity index (χ1v) is 14.6. The fourth-order valence-electron chi connectivity index (χ4n) is 5.52. The highest BCUT2D eigenvalue weighted by Gasteiger charge is 2.39. The van der Waals surface area contributed by atoms with Crippen molar-refractivity contribution in [3.8, 4) is 11.8 Å². The Bertz CT molecular complexity index is 1540. The minimum Gasteiger partial charge on any atom is -0.478 e. The van der Waals surface area contributed by atoms with Crippen LogP contribution >= 0.6 is 0 Å². The van der Waals surface area contributed by atoms with Gasteiger partial charge >= 0.3 is 18.3 Å². The van der Waals surface area contributed by atoms with Crippen LogP contribution in [-0.4, -0.2) is 95.7 Å². The molecule has 2 aromatic heterocycles. The van der Waals surface area contributed by atoms with E-state index in [1.54, 1.807) is 18.2 Å². The normalized spacial score (nSPS) is 17.7. The monoisotopic (exact) mass is 658 g/mol. The Kier molecular flexibility index (Phi) is 11.6. The smallest absolute Gasteiger partial charge is 0.436 e. The van der Waals surface area contributed by atoms with Crippen molar-refractivity contribution in [1.29, 1.82) is 0 Å². The SMILES string of the molecule is CN1CC[C@H](Nc2cccc3c2cc(C#CCN)n3CC(F)(F)F)[C@@H](CCOCCOCCn2cc(C(=O)O)c(C(F)(F)F)n2)C1. The van der Waals surface area contributed by atoms with E-state index in [4.69, 9.17) is 20.3 Å². The number of aromatic carboxylic acids is 1. The van der Waals surface area contributed by atoms with Gasteiger partial charge in [-0.05, 0) is 56.5 Å². The molecule has 3 aromatic rings. The number of piperidine rings is 1. The molecule has 1 aliphatic heterocycles. The molecule has 2 atom stereocenters. The van der Waals surface area contributed by atoms with Crippen molar-refractivity contribution in [3.63, 3.8) is 0 Å². The molecule has 1 fully saturated rings. The van der Waals surface area contributed by atoms with Gasteiger partial charge in [0.05, 0.1) is 44.1 Å². The van der Waals surface area contributed by atoms with Gasteiger partial charge in [-0.25, -0.2) is 4.79 Å². The number of hydrogen-bond acceptors (Lipinski definition) is 7. The molecule has 0 bridgehead atoms. The third-order valence-corrected chi connectivity index (χ3v) is 7.61. The largest absolute Gasteiger partial charge is 0.478 e. The van der Waals surface area contributed by atoms with Gasteiger partial charge < -0.3 is 35.1 Å². The van der Waals surface area contributed by atoms with Crippen molar-refractivity contribution < 1.29 is 45.7 Å². The average molecular weight is 659 g/mol. The van der Waals surface area contributed by atoms with Crippen molar-refractivity contribution in [1.82, 2.24) is 19.2 Å². The van der Waals surface area contributed by atoms with E-state index in [1.165, 1.54) is 0 Å². The molecule has 4 N–H and O–H groups in total. The van der Waals surface area contributed by atoms with Crippen molar-refractivity contribution in [2.75, 3.05) is 58.4 Å². The second-order valence-electron chi connectivity index (χ2n) is 11.0. The van der Waals surface area contributed by atoms with Gasteiger partial charge in [0.2, 0.25) is 0 Å². The lowest BCUT2D eigenvalue weighted by Gasteiger charge is -2.38. The summed E-state index contributed by atoms with van der Waals surface area (Å²) in [5.41, 5.74) is 4.47. The molecule has 4 rings (SSSR count). The Morgan fingerprint density at radius 1 is 1.15 bits per heavy atom. The van der Waals surface area contributed by atoms with Gasteiger partial charge in [0, 0.05) is 36.5 Å². The van der Waals surface area contributed by atoms with Crippen LogP contribution in [0.15, 0.2) is 30.5 Å². The summed E-state index contributed by atoms with van der Waals surface area (Å²) in [5, 5.41) is 16.5. The lowest BCUT2D eigenvalue weighted by atomic mass is 9.89. The number of nitrogens with zero attached hydrogens (tertiary/aromatic N) is 4. The molecule has 10 nitrogen and oxygen atoms in total. The number of nitrogens with one attached hydrogen (secondary N) is 1. The van der Waals surface area contributed by atoms with Crippen LogP contribution in [0.2, 0.25) is 0 Å². The van der Waals surface area contributed by atoms with Crippen LogP contribution in [0.1, 0.15) is 34.6 Å². The van der Waals surface area contributed by atoms with Crippen LogP contribution in [0.3, 0.4) is 0 Å². The maximum atomic E-state index is 13.4. The summed E-state index contributed by atoms with van der Waals surface area (Å²) in [6, 6.07) is 6.91. The van der Waals surface area contributed by atoms with Crippen molar-refractivity contribution in [2.24, 2.45) is 11.7 Å². The fourth-order valence-corrected chi connectivity index (χ4v) is 5.52. The molecule has 0 saturated carbocycles. The Morgan fingerprint density at radius 3 is 2.54 bits per heavy atom. The van der Waals surface area contributed by atoms with E-state index < -0.39 is 36.1 Å². The molecule has 0 aliphatic carbocycles. The molecule has 46 heavy (non-hydrogen) atoms. The van der Waals surface area contributed by atoms with Gasteiger partial charge in [-0.2, -0.15) is 31.4 Å². The minimum absolute atomic E-state index is 0.0105. The Labute approximate surface area is 261 Å². The number of benzene rings is 1. The molecular weight excluding hydrogens is 622 g/mol. The van der Waals surface area contributed by atoms with E-state index in [1.807, 2.05) is 13.1 Å². The molecule has 252 valence electrons. The van der Waals surface area contributed by atoms with E-state index in [0.29, 0.717) is 23.9 Å². The highest BCUT2D eigenvalue weighted by Crippen LogP contribution is 2.33. The molecule has 16 heteroatoms. The first kappa shape index (κ1) is 35.1. The maximum Gasteiger partial charge on any atom is 0.436 e. The van der Waals surface area contributed by atoms with E-state index in [-0.39, 0.29) is 50.6 Å². The standard InChI is InChI=1S/C30H36F6N6O4/c1-40-10-7-24(38-25-5-2-6-26-22(25)16-21(4-3-9-37)42(26)19-29(31,32)33)20(17-40)8-12-45-14-15-46-13-11-41-18-23(28(43)44)27(39-41)30(34,35)36/h2,5-6,16,18,20,24,38H,7-15,17,19,37H2,1H3,(H,43,44)/t20-,24-/m0/s1. The number of ether oxygens (including phenoxy) is 2. The second-order valence-corrected chi connectivity index (χ2v) is 11.0. The van der Waals surface area contributed by atoms with Gasteiger partial charge in [0.25, 0.3) is 0 Å². The number of hydrogen-bond donors (Lipinski definition) is 3. The summed E-state index contributed by atoms with van der Waals surface area (Å²) in [5.74, 6) is 3.87. The van der Waals surface area contributed by atoms with E-state index in [0.717, 1.165) is 40.6 Å². The summed E-state index contributed by atoms with van der Waals surface area (Å²) in [4.78, 5) is 13.3. The lowest BCUT2D eigenvalue weighted by molar-refractivity contribution is -0.142. The second kappa shape index (κ2) is 15.2. The number of carboxylic acids is 1. The van der Waals surface area contributed by atoms with Gasteiger partial charge in [-0.15, -0.1) is 0 Å². The number of alkyl halides is 6. The zero-order chi connectivity index (χ0) is 33.5. The quantitative estimate of drug-likeness (QED) is 0.142. The molecule has 1 aromatic carbocycles. The molecule has 3 heterocycles. The van der Waals surface area contributed by atoms with Crippen LogP contribution in [0, 0.1) is 17.8 Å². The molecular formula is C30H36F6N6O4. The van der Waals surface area contributed by atoms with Crippen molar-refractivity contribution in [2.45, 2.75) is 44.3 Å². The number of carboxylic acid groups (broad SMARTS) is 1. The zero-order valence-corrected chi connectivity index (χ0v) is 25.1. The summed E-state index contributed by atoms with van der Waals surface area (Å²) in [6.45, 7) is 1.28. The van der Waals surface area contributed by atoms with Crippen LogP contribution in [0.5, 0.6) is 0 Å². The van der Waals surface area contributed by atoms with E-state index in [9.17, 15) is 31.1 Å². The Morgan fingerprint density at radius 2 is 1.89 bits per heavy atom. The molecule has 0 unspecified atom stereocenters. The topological polar surface area (TPSA) is 120 Å². The molecule has 0 radical (unpaired) electrons. The summed E-state index contributed by atoms with van der Waals surface area (Å²) >= 11 is 0. The molecule has 1 saturated heterocycles. The number of likely N-dealkylation sites (tertiary alicyclic amines) is 1. The third-order valence-electron chi connectivity index (χ3n) is 7.61. The molecule has 1 aliphatic rings. The van der Waals surface area contributed by atoms with Crippen LogP contribution in [0.25, 0.3) is 10.9 Å². The van der Waals surface area contributed by atoms with Gasteiger partial charge in [0.1, 0.15) is 12.1 Å². The Hall–Kier alpha value is -3.78. The molecule has 0 spiro atoms. The zero-order valence-electron chi connectivity index (χ0n) is 25.1. The van der Waals surface area contributed by atoms with E-state index >= 15 is 0 Å². The van der Waals surface area contributed by atoms with Crippen molar-refractivity contribution >= 4 is 22.6 Å². The summed E-state index contributed by atoms with van der Waals surface area (Å²) in [6.07, 6.45) is -6.97. The van der Waals surface area contributed by atoms with E-state index in [2.05, 4.69) is 27.2 Å². The van der Waals surface area contributed by atoms with Crippen LogP contribution in [-0.2, 0) is 28.7 Å². The number of aromatic nitrogens is 3. The van der Waals surface area contributed by atoms with Gasteiger partial charge in [0.15, 0.2) is 5.69 Å². The molecule has 0 amide bonds. The number of nitrogens with two attached hydrogens (primary N) is 1. The highest BCUT2D eigenvalue weighted by molar-refractivity contribution is 5.94. The van der Waals surface area contributed by atoms with Crippen LogP contribution < -0.4 is 11.1 Å². The van der Waals surface area contributed by atoms with Crippen molar-refractivity contribution in [3.05, 3.63) is 47.4 Å². The lowest BCUT2D eigenvalue weighted by Crippen LogP contribution is -2.45. The fraction of sp³-hybridized carbons (Fsp3) is 0.533. The first-order valence-electron chi connectivity index (χ1n) is 14.6. The summed E-state index contributed by atoms with van der Waals surface area (Å²) < 4.78 is 92.4. The van der Waals surface area contributed by atoms with Gasteiger partial charge in [-0.1, -0.05) is 12.0 Å². The average Bonchev–Trinajstić information content (AvgIpc) is 3.56. The maximum absolute atomic E-state index is 13.4. The predicted octanol–water partition coefficient (Wildman–Crippen LogP) is 4.28. The summed E-state index contributed by atoms with van der Waals surface area (Å²) in [7, 11) is 2.02. The number of anilines is 1. The van der Waals surface area contributed by atoms with Gasteiger partial charge in [-0.3, -0.25) is 4.68 Å². The van der Waals surface area contributed by atoms with Crippen LogP contribution in [0.4, 0.5) is 32.0 Å². The number of halogens is 6. The minimum atomic E-state index is -4.88. The number of fused-ring (bicyclic) bond motifs is 1. The Balaban J connectivity index is 1.30. The number of carbonyl (C=O) groups is 1. The first-order chi connectivity index (χ1) is 21.8. The number of rotatable bonds is 13. The third kappa shape index (κ3) is 9.38. The highest BCUT2D eigenvalue weighted by atomic mass is 19.4.